The lowest BCUT2D eigenvalue weighted by Crippen LogP contribution is -2.37. The second-order valence-electron chi connectivity index (χ2n) is 9.25. The lowest BCUT2D eigenvalue weighted by Gasteiger charge is -2.31. The molecule has 0 saturated carbocycles. The molecule has 1 fully saturated rings. The Morgan fingerprint density at radius 1 is 1.32 bits per heavy atom. The van der Waals surface area contributed by atoms with Gasteiger partial charge >= 0.3 is 5.97 Å². The van der Waals surface area contributed by atoms with Crippen molar-refractivity contribution < 1.29 is 19.4 Å². The van der Waals surface area contributed by atoms with Crippen molar-refractivity contribution in [2.75, 3.05) is 44.0 Å². The highest BCUT2D eigenvalue weighted by molar-refractivity contribution is 7.17. The number of ether oxygens (including phenoxy) is 1. The first-order valence-corrected chi connectivity index (χ1v) is 14.5. The number of nitrogens with zero attached hydrogens (tertiary/aromatic N) is 4. The minimum absolute atomic E-state index is 0.0791. The maximum Gasteiger partial charge on any atom is 0.306 e. The standard InChI is InChI=1S/C25H29Cl2N5O4S2/c1-14(36-3)11-31(2)12-20-21(19-9-17(26)13-37-19)29-25(38-20)30-23(33)16-8-18(27)22(28-10-16)32-6-4-15(5-7-32)24(34)35/h8-10,13-15H,4-7,11-12H2,1-3H3,(H,34,35)(H,29,30,33)/t14-/m0/s1. The average Bonchev–Trinajstić information content (AvgIpc) is 3.49. The number of aromatic nitrogens is 2. The zero-order valence-corrected chi connectivity index (χ0v) is 24.4. The number of amides is 1. The Hall–Kier alpha value is -2.28. The van der Waals surface area contributed by atoms with E-state index in [1.807, 2.05) is 30.3 Å². The highest BCUT2D eigenvalue weighted by Crippen LogP contribution is 2.37. The fourth-order valence-corrected chi connectivity index (χ4v) is 6.75. The van der Waals surface area contributed by atoms with Crippen LogP contribution in [0, 0.1) is 5.92 Å². The van der Waals surface area contributed by atoms with Crippen LogP contribution in [-0.2, 0) is 16.1 Å². The number of rotatable bonds is 10. The van der Waals surface area contributed by atoms with E-state index >= 15 is 0 Å². The maximum absolute atomic E-state index is 13.1. The summed E-state index contributed by atoms with van der Waals surface area (Å²) < 4.78 is 5.38. The Morgan fingerprint density at radius 2 is 2.05 bits per heavy atom. The van der Waals surface area contributed by atoms with Crippen molar-refractivity contribution in [3.63, 3.8) is 0 Å². The lowest BCUT2D eigenvalue weighted by atomic mass is 9.97. The summed E-state index contributed by atoms with van der Waals surface area (Å²) >= 11 is 15.6. The number of carboxylic acid groups (broad SMARTS) is 1. The van der Waals surface area contributed by atoms with E-state index in [-0.39, 0.29) is 17.9 Å². The van der Waals surface area contributed by atoms with Gasteiger partial charge in [-0.3, -0.25) is 19.8 Å². The number of halogens is 2. The summed E-state index contributed by atoms with van der Waals surface area (Å²) in [5, 5.41) is 15.4. The third kappa shape index (κ3) is 7.02. The third-order valence-corrected chi connectivity index (χ3v) is 8.85. The van der Waals surface area contributed by atoms with Gasteiger partial charge in [-0.25, -0.2) is 9.97 Å². The molecule has 0 aliphatic carbocycles. The van der Waals surface area contributed by atoms with Gasteiger partial charge in [0.25, 0.3) is 5.91 Å². The van der Waals surface area contributed by atoms with Crippen LogP contribution < -0.4 is 10.2 Å². The zero-order valence-electron chi connectivity index (χ0n) is 21.2. The van der Waals surface area contributed by atoms with E-state index in [2.05, 4.69) is 15.2 Å². The van der Waals surface area contributed by atoms with Gasteiger partial charge in [0, 0.05) is 49.7 Å². The number of thiazole rings is 1. The van der Waals surface area contributed by atoms with E-state index in [9.17, 15) is 14.7 Å². The van der Waals surface area contributed by atoms with Crippen molar-refractivity contribution in [2.45, 2.75) is 32.4 Å². The summed E-state index contributed by atoms with van der Waals surface area (Å²) in [7, 11) is 3.70. The van der Waals surface area contributed by atoms with Crippen molar-refractivity contribution in [2.24, 2.45) is 5.92 Å². The van der Waals surface area contributed by atoms with Crippen LogP contribution in [-0.4, -0.2) is 71.7 Å². The Bertz CT molecular complexity index is 1290. The molecule has 204 valence electrons. The van der Waals surface area contributed by atoms with Gasteiger partial charge in [0.05, 0.1) is 38.2 Å². The molecule has 2 N–H and O–H groups in total. The first kappa shape index (κ1) is 28.7. The number of pyridine rings is 1. The Labute approximate surface area is 239 Å². The molecule has 1 atom stereocenters. The molecule has 3 aromatic rings. The number of methoxy groups -OCH3 is 1. The molecule has 4 rings (SSSR count). The van der Waals surface area contributed by atoms with Gasteiger partial charge in [0.1, 0.15) is 5.82 Å². The van der Waals surface area contributed by atoms with Crippen molar-refractivity contribution >= 4 is 68.7 Å². The number of hydrogen-bond acceptors (Lipinski definition) is 9. The van der Waals surface area contributed by atoms with E-state index in [1.165, 1.54) is 28.9 Å². The van der Waals surface area contributed by atoms with Crippen LogP contribution in [0.3, 0.4) is 0 Å². The summed E-state index contributed by atoms with van der Waals surface area (Å²) in [6, 6.07) is 3.45. The fraction of sp³-hybridized carbons (Fsp3) is 0.440. The molecular weight excluding hydrogens is 569 g/mol. The van der Waals surface area contributed by atoms with E-state index in [4.69, 9.17) is 32.9 Å². The summed E-state index contributed by atoms with van der Waals surface area (Å²) in [5.41, 5.74) is 1.10. The van der Waals surface area contributed by atoms with Gasteiger partial charge in [0.15, 0.2) is 5.13 Å². The smallest absolute Gasteiger partial charge is 0.306 e. The summed E-state index contributed by atoms with van der Waals surface area (Å²) in [5.74, 6) is -0.944. The number of thiophene rings is 1. The second-order valence-corrected chi connectivity index (χ2v) is 12.1. The van der Waals surface area contributed by atoms with Gasteiger partial charge in [-0.2, -0.15) is 0 Å². The third-order valence-electron chi connectivity index (χ3n) is 6.33. The predicted octanol–water partition coefficient (Wildman–Crippen LogP) is 5.59. The topological polar surface area (TPSA) is 108 Å². The molecule has 1 aliphatic rings. The number of carbonyl (C=O) groups excluding carboxylic acids is 1. The predicted molar refractivity (Wildman–Crippen MR) is 153 cm³/mol. The van der Waals surface area contributed by atoms with Crippen LogP contribution in [0.25, 0.3) is 10.6 Å². The number of nitrogens with one attached hydrogen (secondary N) is 1. The second kappa shape index (κ2) is 12.7. The summed E-state index contributed by atoms with van der Waals surface area (Å²) in [6.07, 6.45) is 2.61. The highest BCUT2D eigenvalue weighted by Gasteiger charge is 2.26. The number of likely N-dealkylation sites (N-methyl/N-ethyl adjacent to an activating group) is 1. The minimum atomic E-state index is -0.775. The first-order valence-electron chi connectivity index (χ1n) is 12.0. The molecule has 0 unspecified atom stereocenters. The number of piperidine rings is 1. The number of hydrogen-bond donors (Lipinski definition) is 2. The van der Waals surface area contributed by atoms with Crippen molar-refractivity contribution in [3.05, 3.63) is 44.2 Å². The molecule has 0 aromatic carbocycles. The number of aliphatic carboxylic acids is 1. The van der Waals surface area contributed by atoms with Crippen molar-refractivity contribution in [3.8, 4) is 10.6 Å². The van der Waals surface area contributed by atoms with Crippen LogP contribution >= 0.6 is 45.9 Å². The molecule has 9 nitrogen and oxygen atoms in total. The molecule has 0 bridgehead atoms. The molecule has 38 heavy (non-hydrogen) atoms. The normalized spacial score (nSPS) is 15.2. The minimum Gasteiger partial charge on any atom is -0.481 e. The lowest BCUT2D eigenvalue weighted by molar-refractivity contribution is -0.142. The zero-order chi connectivity index (χ0) is 27.4. The number of anilines is 2. The molecule has 13 heteroatoms. The number of carboxylic acids is 1. The Morgan fingerprint density at radius 3 is 2.66 bits per heavy atom. The van der Waals surface area contributed by atoms with Crippen molar-refractivity contribution in [1.82, 2.24) is 14.9 Å². The van der Waals surface area contributed by atoms with Gasteiger partial charge in [-0.15, -0.1) is 11.3 Å². The van der Waals surface area contributed by atoms with Crippen LogP contribution in [0.1, 0.15) is 35.0 Å². The van der Waals surface area contributed by atoms with E-state index in [1.54, 1.807) is 13.2 Å². The Balaban J connectivity index is 1.49. The van der Waals surface area contributed by atoms with Crippen LogP contribution in [0.4, 0.5) is 10.9 Å². The molecule has 3 aromatic heterocycles. The maximum atomic E-state index is 13.1. The largest absolute Gasteiger partial charge is 0.481 e. The molecule has 1 amide bonds. The van der Waals surface area contributed by atoms with Crippen molar-refractivity contribution in [1.29, 1.82) is 0 Å². The highest BCUT2D eigenvalue weighted by atomic mass is 35.5. The van der Waals surface area contributed by atoms with Gasteiger partial charge in [-0.05, 0) is 38.9 Å². The van der Waals surface area contributed by atoms with E-state index in [0.29, 0.717) is 59.0 Å². The molecule has 1 aliphatic heterocycles. The van der Waals surface area contributed by atoms with Crippen LogP contribution in [0.15, 0.2) is 23.7 Å². The molecule has 0 radical (unpaired) electrons. The summed E-state index contributed by atoms with van der Waals surface area (Å²) in [4.78, 5) is 39.5. The average molecular weight is 599 g/mol. The number of carbonyl (C=O) groups is 2. The monoisotopic (exact) mass is 597 g/mol. The quantitative estimate of drug-likeness (QED) is 0.311. The van der Waals surface area contributed by atoms with E-state index in [0.717, 1.165) is 22.0 Å². The van der Waals surface area contributed by atoms with Gasteiger partial charge < -0.3 is 14.7 Å². The van der Waals surface area contributed by atoms with Crippen LogP contribution in [0.5, 0.6) is 0 Å². The van der Waals surface area contributed by atoms with Crippen LogP contribution in [0.2, 0.25) is 10.0 Å². The SMILES string of the molecule is CO[C@@H](C)CN(C)Cc1sc(NC(=O)c2cnc(N3CCC(C(=O)O)CC3)c(Cl)c2)nc1-c1cc(Cl)cs1. The molecular formula is C25H29Cl2N5O4S2. The molecule has 1 saturated heterocycles. The fourth-order valence-electron chi connectivity index (χ4n) is 4.26. The Kier molecular flexibility index (Phi) is 9.61. The molecule has 4 heterocycles. The van der Waals surface area contributed by atoms with Gasteiger partial charge in [0.2, 0.25) is 0 Å². The van der Waals surface area contributed by atoms with Gasteiger partial charge in [-0.1, -0.05) is 34.5 Å². The summed E-state index contributed by atoms with van der Waals surface area (Å²) in [6.45, 7) is 4.48. The molecule has 0 spiro atoms. The first-order chi connectivity index (χ1) is 18.1. The van der Waals surface area contributed by atoms with E-state index < -0.39 is 5.97 Å².